The molecule has 0 bridgehead atoms. The maximum Gasteiger partial charge on any atom is 0.411 e. The third-order valence-corrected chi connectivity index (χ3v) is 7.59. The minimum atomic E-state index is -0.659. The lowest BCUT2D eigenvalue weighted by atomic mass is 10.0. The zero-order valence-electron chi connectivity index (χ0n) is 24.5. The number of aromatic nitrogens is 2. The van der Waals surface area contributed by atoms with Crippen LogP contribution in [0.25, 0.3) is 0 Å². The number of imidazole rings is 1. The molecule has 40 heavy (non-hydrogen) atoms. The largest absolute Gasteiger partial charge is 0.465 e. The molecule has 1 N–H and O–H groups in total. The number of esters is 1. The third-order valence-electron chi connectivity index (χ3n) is 7.59. The Morgan fingerprint density at radius 3 is 2.38 bits per heavy atom. The molecule has 3 heterocycles. The van der Waals surface area contributed by atoms with E-state index in [2.05, 4.69) is 10.3 Å². The molecule has 3 amide bonds. The minimum Gasteiger partial charge on any atom is -0.465 e. The van der Waals surface area contributed by atoms with Crippen LogP contribution in [0.1, 0.15) is 91.3 Å². The van der Waals surface area contributed by atoms with Crippen molar-refractivity contribution in [3.8, 4) is 0 Å². The van der Waals surface area contributed by atoms with Gasteiger partial charge >= 0.3 is 12.1 Å². The van der Waals surface area contributed by atoms with Crippen LogP contribution in [0.3, 0.4) is 0 Å². The van der Waals surface area contributed by atoms with E-state index < -0.39 is 23.7 Å². The summed E-state index contributed by atoms with van der Waals surface area (Å²) in [5.41, 5.74) is 2.17. The molecule has 1 unspecified atom stereocenters. The smallest absolute Gasteiger partial charge is 0.411 e. The van der Waals surface area contributed by atoms with Gasteiger partial charge in [0.1, 0.15) is 23.2 Å². The zero-order valence-corrected chi connectivity index (χ0v) is 24.5. The summed E-state index contributed by atoms with van der Waals surface area (Å²) in [5.74, 6) is -0.300. The fraction of sp³-hybridized carbons (Fsp3) is 0.552. The van der Waals surface area contributed by atoms with Crippen LogP contribution in [0.15, 0.2) is 18.3 Å². The molecule has 1 aromatic heterocycles. The Kier molecular flexibility index (Phi) is 7.96. The first-order chi connectivity index (χ1) is 18.7. The van der Waals surface area contributed by atoms with E-state index in [-0.39, 0.29) is 23.9 Å². The summed E-state index contributed by atoms with van der Waals surface area (Å²) in [6.45, 7) is 13.6. The van der Waals surface area contributed by atoms with Crippen LogP contribution in [0.2, 0.25) is 0 Å². The lowest BCUT2D eigenvalue weighted by Gasteiger charge is -2.38. The second-order valence-electron chi connectivity index (χ2n) is 11.6. The first-order valence-corrected chi connectivity index (χ1v) is 13.6. The summed E-state index contributed by atoms with van der Waals surface area (Å²) in [7, 11) is 1.33. The Hall–Kier alpha value is -3.89. The number of methoxy groups -OCH3 is 1. The van der Waals surface area contributed by atoms with Crippen molar-refractivity contribution in [3.63, 3.8) is 0 Å². The summed E-state index contributed by atoms with van der Waals surface area (Å²) in [6, 6.07) is 2.35. The van der Waals surface area contributed by atoms with E-state index in [9.17, 15) is 19.2 Å². The van der Waals surface area contributed by atoms with Gasteiger partial charge in [0.25, 0.3) is 5.91 Å². The van der Waals surface area contributed by atoms with Gasteiger partial charge < -0.3 is 24.3 Å². The lowest BCUT2D eigenvalue weighted by Crippen LogP contribution is -2.53. The van der Waals surface area contributed by atoms with Crippen LogP contribution >= 0.6 is 0 Å². The number of carbonyl (C=O) groups is 4. The van der Waals surface area contributed by atoms with Gasteiger partial charge in [0, 0.05) is 24.8 Å². The standard InChI is InChI=1S/C29H39N5O6/c1-16-14-21(17(2)13-20(16)27(37)39-8)31-25(35)23-15-30-24-19(4)32(11-12-33(23)24)26(36)22-10-9-18(3)34(22)28(38)40-29(5,6)7/h13-15,18-19,22H,9-12H2,1-8H3,(H,31,35)/t18-,19?,22+/m0/s1. The molecule has 2 aliphatic rings. The van der Waals surface area contributed by atoms with Crippen molar-refractivity contribution < 1.29 is 28.7 Å². The van der Waals surface area contributed by atoms with Crippen LogP contribution in [-0.4, -0.2) is 74.6 Å². The first-order valence-electron chi connectivity index (χ1n) is 13.6. The number of ether oxygens (including phenoxy) is 2. The molecule has 2 aliphatic heterocycles. The normalized spacial score (nSPS) is 20.6. The number of fused-ring (bicyclic) bond motifs is 1. The molecule has 1 fully saturated rings. The van der Waals surface area contributed by atoms with Gasteiger partial charge in [-0.1, -0.05) is 0 Å². The molecule has 1 saturated heterocycles. The summed E-state index contributed by atoms with van der Waals surface area (Å²) in [6.07, 6.45) is 2.32. The number of aryl methyl sites for hydroxylation is 2. The van der Waals surface area contributed by atoms with Gasteiger partial charge in [-0.2, -0.15) is 0 Å². The van der Waals surface area contributed by atoms with E-state index in [1.165, 1.54) is 13.3 Å². The second-order valence-corrected chi connectivity index (χ2v) is 11.6. The van der Waals surface area contributed by atoms with Gasteiger partial charge in [-0.15, -0.1) is 0 Å². The van der Waals surface area contributed by atoms with Gasteiger partial charge in [-0.25, -0.2) is 14.6 Å². The number of hydrogen-bond donors (Lipinski definition) is 1. The van der Waals surface area contributed by atoms with Crippen molar-refractivity contribution >= 4 is 29.6 Å². The molecular weight excluding hydrogens is 514 g/mol. The number of nitrogens with zero attached hydrogens (tertiary/aromatic N) is 4. The minimum absolute atomic E-state index is 0.102. The van der Waals surface area contributed by atoms with Crippen LogP contribution in [0.4, 0.5) is 10.5 Å². The average Bonchev–Trinajstić information content (AvgIpc) is 3.48. The molecule has 2 aromatic rings. The number of amides is 3. The molecule has 0 radical (unpaired) electrons. The van der Waals surface area contributed by atoms with Crippen molar-refractivity contribution in [1.82, 2.24) is 19.4 Å². The maximum absolute atomic E-state index is 13.7. The number of benzene rings is 1. The van der Waals surface area contributed by atoms with Crippen molar-refractivity contribution in [1.29, 1.82) is 0 Å². The number of likely N-dealkylation sites (tertiary alicyclic amines) is 1. The Balaban J connectivity index is 1.51. The third kappa shape index (κ3) is 5.55. The SMILES string of the molecule is COC(=O)c1cc(C)c(NC(=O)c2cnc3n2CCN(C(=O)[C@H]2CC[C@H](C)N2C(=O)OC(C)(C)C)C3C)cc1C. The van der Waals surface area contributed by atoms with Crippen molar-refractivity contribution in [3.05, 3.63) is 46.5 Å². The number of rotatable bonds is 4. The van der Waals surface area contributed by atoms with Gasteiger partial charge in [0.2, 0.25) is 5.91 Å². The van der Waals surface area contributed by atoms with Crippen molar-refractivity contribution in [2.75, 3.05) is 19.0 Å². The van der Waals surface area contributed by atoms with Crippen LogP contribution < -0.4 is 5.32 Å². The summed E-state index contributed by atoms with van der Waals surface area (Å²) >= 11 is 0. The number of carbonyl (C=O) groups excluding carboxylic acids is 4. The van der Waals surface area contributed by atoms with E-state index >= 15 is 0 Å². The maximum atomic E-state index is 13.7. The molecule has 4 rings (SSSR count). The molecule has 1 aromatic carbocycles. The van der Waals surface area contributed by atoms with Crippen molar-refractivity contribution in [2.45, 2.75) is 91.6 Å². The predicted molar refractivity (Wildman–Crippen MR) is 148 cm³/mol. The molecule has 216 valence electrons. The molecule has 0 spiro atoms. The van der Waals surface area contributed by atoms with E-state index in [4.69, 9.17) is 9.47 Å². The quantitative estimate of drug-likeness (QED) is 0.562. The van der Waals surface area contributed by atoms with Gasteiger partial charge in [-0.05, 0) is 84.6 Å². The second kappa shape index (κ2) is 10.9. The van der Waals surface area contributed by atoms with Crippen molar-refractivity contribution in [2.24, 2.45) is 0 Å². The summed E-state index contributed by atoms with van der Waals surface area (Å²) in [4.78, 5) is 59.8. The lowest BCUT2D eigenvalue weighted by molar-refractivity contribution is -0.139. The highest BCUT2D eigenvalue weighted by molar-refractivity contribution is 6.04. The van der Waals surface area contributed by atoms with Gasteiger partial charge in [0.15, 0.2) is 0 Å². The number of hydrogen-bond acceptors (Lipinski definition) is 7. The molecule has 0 aliphatic carbocycles. The monoisotopic (exact) mass is 553 g/mol. The highest BCUT2D eigenvalue weighted by Gasteiger charge is 2.44. The zero-order chi connectivity index (χ0) is 29.5. The van der Waals surface area contributed by atoms with Gasteiger partial charge in [-0.3, -0.25) is 14.5 Å². The molecule has 11 nitrogen and oxygen atoms in total. The molecule has 11 heteroatoms. The van der Waals surface area contributed by atoms with Crippen LogP contribution in [0.5, 0.6) is 0 Å². The van der Waals surface area contributed by atoms with Crippen LogP contribution in [0, 0.1) is 13.8 Å². The Bertz CT molecular complexity index is 1340. The van der Waals surface area contributed by atoms with Crippen LogP contribution in [-0.2, 0) is 20.8 Å². The van der Waals surface area contributed by atoms with E-state index in [0.717, 1.165) is 12.0 Å². The molecular formula is C29H39N5O6. The van der Waals surface area contributed by atoms with Gasteiger partial charge in [0.05, 0.1) is 24.9 Å². The predicted octanol–water partition coefficient (Wildman–Crippen LogP) is 4.23. The summed E-state index contributed by atoms with van der Waals surface area (Å²) < 4.78 is 12.3. The average molecular weight is 554 g/mol. The molecule has 3 atom stereocenters. The van der Waals surface area contributed by atoms with E-state index in [0.29, 0.717) is 47.8 Å². The number of nitrogens with one attached hydrogen (secondary N) is 1. The fourth-order valence-corrected chi connectivity index (χ4v) is 5.49. The Labute approximate surface area is 234 Å². The van der Waals surface area contributed by atoms with E-state index in [1.807, 2.05) is 46.1 Å². The highest BCUT2D eigenvalue weighted by Crippen LogP contribution is 2.32. The molecule has 0 saturated carbocycles. The highest BCUT2D eigenvalue weighted by atomic mass is 16.6. The topological polar surface area (TPSA) is 123 Å². The Morgan fingerprint density at radius 2 is 1.73 bits per heavy atom. The van der Waals surface area contributed by atoms with E-state index in [1.54, 1.807) is 28.9 Å². The first kappa shape index (κ1) is 29.1. The number of anilines is 1. The summed E-state index contributed by atoms with van der Waals surface area (Å²) in [5, 5.41) is 2.93. The Morgan fingerprint density at radius 1 is 1.02 bits per heavy atom. The fourth-order valence-electron chi connectivity index (χ4n) is 5.49.